The Balaban J connectivity index is 1.67. The molecule has 2 fully saturated rings. The van der Waals surface area contributed by atoms with Crippen molar-refractivity contribution in [3.05, 3.63) is 0 Å². The number of nitrogens with one attached hydrogen (secondary N) is 1. The smallest absolute Gasteiger partial charge is 0.0570 e. The maximum Gasteiger partial charge on any atom is 0.0570 e. The van der Waals surface area contributed by atoms with Crippen molar-refractivity contribution < 1.29 is 5.11 Å². The van der Waals surface area contributed by atoms with Crippen LogP contribution in [0.15, 0.2) is 0 Å². The fourth-order valence-electron chi connectivity index (χ4n) is 2.50. The molecule has 2 saturated carbocycles. The molecule has 0 radical (unpaired) electrons. The highest BCUT2D eigenvalue weighted by atomic mass is 16.3. The summed E-state index contributed by atoms with van der Waals surface area (Å²) in [6.45, 7) is 0. The topological polar surface area (TPSA) is 32.3 Å². The minimum Gasteiger partial charge on any atom is -0.393 e. The Hall–Kier alpha value is -0.0800. The second-order valence-corrected chi connectivity index (χ2v) is 4.68. The van der Waals surface area contributed by atoms with Crippen LogP contribution >= 0.6 is 0 Å². The molecule has 2 nitrogen and oxygen atoms in total. The Morgan fingerprint density at radius 2 is 1.46 bits per heavy atom. The normalized spacial score (nSPS) is 36.7. The molecular weight excluding hydrogens is 162 g/mol. The van der Waals surface area contributed by atoms with E-state index in [2.05, 4.69) is 5.32 Å². The lowest BCUT2D eigenvalue weighted by molar-refractivity contribution is 0.0568. The second kappa shape index (κ2) is 4.43. The van der Waals surface area contributed by atoms with Gasteiger partial charge < -0.3 is 10.4 Å². The maximum atomic E-state index is 9.16. The molecule has 0 aromatic heterocycles. The summed E-state index contributed by atoms with van der Waals surface area (Å²) in [4.78, 5) is 0. The van der Waals surface area contributed by atoms with Crippen molar-refractivity contribution in [1.82, 2.24) is 5.32 Å². The summed E-state index contributed by atoms with van der Waals surface area (Å²) < 4.78 is 0. The molecular formula is C11H21NO. The lowest BCUT2D eigenvalue weighted by Crippen LogP contribution is -2.48. The van der Waals surface area contributed by atoms with Crippen LogP contribution in [0.3, 0.4) is 0 Å². The Morgan fingerprint density at radius 3 is 2.00 bits per heavy atom. The SMILES string of the molecule is OC1CC(NC2CCCCCC2)C1. The molecule has 0 atom stereocenters. The van der Waals surface area contributed by atoms with Gasteiger partial charge in [-0.1, -0.05) is 25.7 Å². The average molecular weight is 183 g/mol. The Bertz CT molecular complexity index is 146. The van der Waals surface area contributed by atoms with Gasteiger partial charge in [0.05, 0.1) is 6.10 Å². The molecule has 0 heterocycles. The molecule has 13 heavy (non-hydrogen) atoms. The van der Waals surface area contributed by atoms with Gasteiger partial charge >= 0.3 is 0 Å². The van der Waals surface area contributed by atoms with Crippen LogP contribution in [0, 0.1) is 0 Å². The first-order chi connectivity index (χ1) is 6.34. The van der Waals surface area contributed by atoms with E-state index in [9.17, 15) is 0 Å². The maximum absolute atomic E-state index is 9.16. The zero-order chi connectivity index (χ0) is 9.10. The zero-order valence-electron chi connectivity index (χ0n) is 8.34. The largest absolute Gasteiger partial charge is 0.393 e. The zero-order valence-corrected chi connectivity index (χ0v) is 8.34. The van der Waals surface area contributed by atoms with Gasteiger partial charge in [-0.3, -0.25) is 0 Å². The van der Waals surface area contributed by atoms with Gasteiger partial charge in [-0.2, -0.15) is 0 Å². The van der Waals surface area contributed by atoms with Crippen LogP contribution in [-0.4, -0.2) is 23.3 Å². The summed E-state index contributed by atoms with van der Waals surface area (Å²) in [5, 5.41) is 12.8. The molecule has 0 saturated heterocycles. The molecule has 2 heteroatoms. The third-order valence-corrected chi connectivity index (χ3v) is 3.44. The number of aliphatic hydroxyl groups is 1. The van der Waals surface area contributed by atoms with Crippen molar-refractivity contribution >= 4 is 0 Å². The van der Waals surface area contributed by atoms with Crippen LogP contribution in [0.25, 0.3) is 0 Å². The van der Waals surface area contributed by atoms with Crippen molar-refractivity contribution in [3.8, 4) is 0 Å². The molecule has 2 N–H and O–H groups in total. The minimum absolute atomic E-state index is 0.0109. The summed E-state index contributed by atoms with van der Waals surface area (Å²) in [7, 11) is 0. The molecule has 0 bridgehead atoms. The van der Waals surface area contributed by atoms with E-state index in [0.29, 0.717) is 6.04 Å². The van der Waals surface area contributed by atoms with Crippen LogP contribution in [0.1, 0.15) is 51.4 Å². The van der Waals surface area contributed by atoms with Gasteiger partial charge in [-0.25, -0.2) is 0 Å². The van der Waals surface area contributed by atoms with Gasteiger partial charge in [-0.05, 0) is 25.7 Å². The Kier molecular flexibility index (Phi) is 3.23. The van der Waals surface area contributed by atoms with E-state index in [4.69, 9.17) is 5.11 Å². The molecule has 0 aromatic rings. The molecule has 0 aliphatic heterocycles. The molecule has 76 valence electrons. The Labute approximate surface area is 80.7 Å². The standard InChI is InChI=1S/C11H21NO/c13-11-7-10(8-11)12-9-5-3-1-2-4-6-9/h9-13H,1-8H2. The van der Waals surface area contributed by atoms with E-state index >= 15 is 0 Å². The highest BCUT2D eigenvalue weighted by Gasteiger charge is 2.28. The summed E-state index contributed by atoms with van der Waals surface area (Å²) >= 11 is 0. The highest BCUT2D eigenvalue weighted by Crippen LogP contribution is 2.23. The van der Waals surface area contributed by atoms with Crippen LogP contribution in [0.2, 0.25) is 0 Å². The fourth-order valence-corrected chi connectivity index (χ4v) is 2.50. The number of hydrogen-bond donors (Lipinski definition) is 2. The van der Waals surface area contributed by atoms with Crippen LogP contribution < -0.4 is 5.32 Å². The van der Waals surface area contributed by atoms with Gasteiger partial charge in [0.1, 0.15) is 0 Å². The predicted molar refractivity (Wildman–Crippen MR) is 53.7 cm³/mol. The highest BCUT2D eigenvalue weighted by molar-refractivity contribution is 4.87. The van der Waals surface area contributed by atoms with Gasteiger partial charge in [-0.15, -0.1) is 0 Å². The molecule has 2 rings (SSSR count). The van der Waals surface area contributed by atoms with E-state index in [1.807, 2.05) is 0 Å². The first-order valence-electron chi connectivity index (χ1n) is 5.79. The number of hydrogen-bond acceptors (Lipinski definition) is 2. The quantitative estimate of drug-likeness (QED) is 0.640. The molecule has 0 aromatic carbocycles. The second-order valence-electron chi connectivity index (χ2n) is 4.68. The van der Waals surface area contributed by atoms with E-state index in [-0.39, 0.29) is 6.10 Å². The van der Waals surface area contributed by atoms with Crippen molar-refractivity contribution in [3.63, 3.8) is 0 Å². The molecule has 0 amide bonds. The average Bonchev–Trinajstić information content (AvgIpc) is 2.30. The summed E-state index contributed by atoms with van der Waals surface area (Å²) in [5.41, 5.74) is 0. The summed E-state index contributed by atoms with van der Waals surface area (Å²) in [6, 6.07) is 1.37. The first kappa shape index (κ1) is 9.47. The minimum atomic E-state index is -0.0109. The van der Waals surface area contributed by atoms with Gasteiger partial charge in [0.2, 0.25) is 0 Å². The van der Waals surface area contributed by atoms with Gasteiger partial charge in [0, 0.05) is 12.1 Å². The fraction of sp³-hybridized carbons (Fsp3) is 1.00. The predicted octanol–water partition coefficient (Wildman–Crippen LogP) is 1.82. The van der Waals surface area contributed by atoms with Crippen molar-refractivity contribution in [1.29, 1.82) is 0 Å². The van der Waals surface area contributed by atoms with E-state index in [1.54, 1.807) is 0 Å². The lowest BCUT2D eigenvalue weighted by Gasteiger charge is -2.35. The number of rotatable bonds is 2. The van der Waals surface area contributed by atoms with Crippen molar-refractivity contribution in [2.24, 2.45) is 0 Å². The molecule has 2 aliphatic rings. The Morgan fingerprint density at radius 1 is 0.846 bits per heavy atom. The van der Waals surface area contributed by atoms with Gasteiger partial charge in [0.15, 0.2) is 0 Å². The van der Waals surface area contributed by atoms with Crippen LogP contribution in [0.4, 0.5) is 0 Å². The molecule has 0 unspecified atom stereocenters. The van der Waals surface area contributed by atoms with Crippen molar-refractivity contribution in [2.75, 3.05) is 0 Å². The molecule has 2 aliphatic carbocycles. The first-order valence-corrected chi connectivity index (χ1v) is 5.79. The van der Waals surface area contributed by atoms with Crippen LogP contribution in [-0.2, 0) is 0 Å². The number of aliphatic hydroxyl groups excluding tert-OH is 1. The van der Waals surface area contributed by atoms with Gasteiger partial charge in [0.25, 0.3) is 0 Å². The lowest BCUT2D eigenvalue weighted by atomic mass is 9.88. The van der Waals surface area contributed by atoms with E-state index in [1.165, 1.54) is 38.5 Å². The monoisotopic (exact) mass is 183 g/mol. The van der Waals surface area contributed by atoms with Crippen molar-refractivity contribution in [2.45, 2.75) is 69.6 Å². The van der Waals surface area contributed by atoms with E-state index in [0.717, 1.165) is 18.9 Å². The third-order valence-electron chi connectivity index (χ3n) is 3.44. The summed E-state index contributed by atoms with van der Waals surface area (Å²) in [5.74, 6) is 0. The molecule has 0 spiro atoms. The summed E-state index contributed by atoms with van der Waals surface area (Å²) in [6.07, 6.45) is 10.3. The third kappa shape index (κ3) is 2.68. The van der Waals surface area contributed by atoms with Crippen LogP contribution in [0.5, 0.6) is 0 Å². The van der Waals surface area contributed by atoms with E-state index < -0.39 is 0 Å².